The van der Waals surface area contributed by atoms with E-state index in [1.807, 2.05) is 22.6 Å². The fourth-order valence-corrected chi connectivity index (χ4v) is 2.64. The van der Waals surface area contributed by atoms with Gasteiger partial charge in [-0.25, -0.2) is 4.68 Å². The minimum atomic E-state index is 0.285. The minimum Gasteiger partial charge on any atom is -0.366 e. The van der Waals surface area contributed by atoms with Crippen molar-refractivity contribution in [2.45, 2.75) is 31.7 Å². The van der Waals surface area contributed by atoms with Gasteiger partial charge in [-0.05, 0) is 18.9 Å². The zero-order chi connectivity index (χ0) is 12.0. The fraction of sp³-hybridized carbons (Fsp3) is 0.545. The molecule has 0 saturated carbocycles. The van der Waals surface area contributed by atoms with Crippen LogP contribution in [0.2, 0.25) is 0 Å². The molecule has 3 rings (SSSR count). The molecular weight excluding hydrogens is 216 g/mol. The van der Waals surface area contributed by atoms with Crippen molar-refractivity contribution in [2.75, 3.05) is 5.73 Å². The maximum absolute atomic E-state index is 5.65. The molecule has 0 aromatic carbocycles. The summed E-state index contributed by atoms with van der Waals surface area (Å²) in [5.74, 6) is 1.81. The van der Waals surface area contributed by atoms with Gasteiger partial charge in [0.15, 0.2) is 0 Å². The highest BCUT2D eigenvalue weighted by atomic mass is 15.4. The summed E-state index contributed by atoms with van der Waals surface area (Å²) in [4.78, 5) is 4.24. The van der Waals surface area contributed by atoms with Gasteiger partial charge in [0.05, 0.1) is 12.2 Å². The van der Waals surface area contributed by atoms with Gasteiger partial charge in [-0.15, -0.1) is 5.10 Å². The predicted octanol–water partition coefficient (Wildman–Crippen LogP) is 0.885. The van der Waals surface area contributed by atoms with Crippen LogP contribution in [0, 0.1) is 0 Å². The van der Waals surface area contributed by atoms with E-state index in [0.717, 1.165) is 18.7 Å². The average molecular weight is 232 g/mol. The highest BCUT2D eigenvalue weighted by Crippen LogP contribution is 2.36. The molecule has 6 heteroatoms. The van der Waals surface area contributed by atoms with Gasteiger partial charge >= 0.3 is 0 Å². The average Bonchev–Trinajstić information content (AvgIpc) is 2.85. The first kappa shape index (κ1) is 10.3. The van der Waals surface area contributed by atoms with Crippen LogP contribution < -0.4 is 5.73 Å². The standard InChI is InChI=1S/C11H16N6/c1-7-9(8-5-13-16(2)6-8)3-4-10-14-11(12)15-17(7)10/h5-7,9H,3-4H2,1-2H3,(H2,12,15). The van der Waals surface area contributed by atoms with E-state index in [4.69, 9.17) is 5.73 Å². The molecule has 17 heavy (non-hydrogen) atoms. The molecule has 0 radical (unpaired) electrons. The molecule has 0 bridgehead atoms. The van der Waals surface area contributed by atoms with Gasteiger partial charge < -0.3 is 5.73 Å². The van der Waals surface area contributed by atoms with E-state index in [1.54, 1.807) is 0 Å². The van der Waals surface area contributed by atoms with E-state index in [9.17, 15) is 0 Å². The molecule has 0 saturated heterocycles. The SMILES string of the molecule is CC1C(c2cnn(C)c2)CCc2nc(N)nn21. The van der Waals surface area contributed by atoms with E-state index in [2.05, 4.69) is 28.3 Å². The first-order valence-electron chi connectivity index (χ1n) is 5.84. The third kappa shape index (κ3) is 1.60. The van der Waals surface area contributed by atoms with Gasteiger partial charge in [-0.2, -0.15) is 10.1 Å². The molecule has 2 N–H and O–H groups in total. The van der Waals surface area contributed by atoms with E-state index < -0.39 is 0 Å². The molecule has 2 unspecified atom stereocenters. The molecule has 1 aliphatic heterocycles. The number of aromatic nitrogens is 5. The molecule has 0 amide bonds. The van der Waals surface area contributed by atoms with E-state index in [-0.39, 0.29) is 6.04 Å². The molecular formula is C11H16N6. The van der Waals surface area contributed by atoms with Crippen LogP contribution in [-0.2, 0) is 13.5 Å². The van der Waals surface area contributed by atoms with E-state index in [1.165, 1.54) is 5.56 Å². The quantitative estimate of drug-likeness (QED) is 0.792. The van der Waals surface area contributed by atoms with Crippen molar-refractivity contribution >= 4 is 5.95 Å². The molecule has 0 spiro atoms. The second-order valence-electron chi connectivity index (χ2n) is 4.66. The summed E-state index contributed by atoms with van der Waals surface area (Å²) < 4.78 is 3.80. The highest BCUT2D eigenvalue weighted by molar-refractivity contribution is 5.20. The van der Waals surface area contributed by atoms with Crippen LogP contribution in [0.3, 0.4) is 0 Å². The number of anilines is 1. The zero-order valence-corrected chi connectivity index (χ0v) is 10.0. The molecule has 0 aliphatic carbocycles. The Morgan fingerprint density at radius 2 is 2.29 bits per heavy atom. The van der Waals surface area contributed by atoms with Crippen LogP contribution in [0.15, 0.2) is 12.4 Å². The molecule has 2 aromatic rings. The van der Waals surface area contributed by atoms with Crippen LogP contribution in [0.4, 0.5) is 5.95 Å². The smallest absolute Gasteiger partial charge is 0.239 e. The Kier molecular flexibility index (Phi) is 2.17. The van der Waals surface area contributed by atoms with Crippen LogP contribution in [0.1, 0.15) is 36.7 Å². The highest BCUT2D eigenvalue weighted by Gasteiger charge is 2.30. The minimum absolute atomic E-state index is 0.285. The van der Waals surface area contributed by atoms with Crippen molar-refractivity contribution in [3.63, 3.8) is 0 Å². The normalized spacial score (nSPS) is 23.6. The van der Waals surface area contributed by atoms with Gasteiger partial charge in [0.2, 0.25) is 5.95 Å². The topological polar surface area (TPSA) is 74.6 Å². The number of hydrogen-bond acceptors (Lipinski definition) is 4. The van der Waals surface area contributed by atoms with Gasteiger partial charge in [0.25, 0.3) is 0 Å². The number of fused-ring (bicyclic) bond motifs is 1. The fourth-order valence-electron chi connectivity index (χ4n) is 2.64. The molecule has 90 valence electrons. The Morgan fingerprint density at radius 1 is 1.47 bits per heavy atom. The Balaban J connectivity index is 1.96. The summed E-state index contributed by atoms with van der Waals surface area (Å²) in [7, 11) is 1.94. The van der Waals surface area contributed by atoms with Gasteiger partial charge in [-0.1, -0.05) is 0 Å². The second kappa shape index (κ2) is 3.58. The maximum Gasteiger partial charge on any atom is 0.239 e. The summed E-state index contributed by atoms with van der Waals surface area (Å²) in [6, 6.07) is 0.285. The van der Waals surface area contributed by atoms with Crippen LogP contribution in [0.5, 0.6) is 0 Å². The number of nitrogen functional groups attached to an aromatic ring is 1. The zero-order valence-electron chi connectivity index (χ0n) is 10.0. The molecule has 1 aliphatic rings. The Bertz CT molecular complexity index is 540. The van der Waals surface area contributed by atoms with Crippen molar-refractivity contribution in [3.8, 4) is 0 Å². The number of hydrogen-bond donors (Lipinski definition) is 1. The molecule has 3 heterocycles. The van der Waals surface area contributed by atoms with Crippen LogP contribution >= 0.6 is 0 Å². The Labute approximate surface area is 99.4 Å². The lowest BCUT2D eigenvalue weighted by Gasteiger charge is -2.28. The predicted molar refractivity (Wildman–Crippen MR) is 63.4 cm³/mol. The summed E-state index contributed by atoms with van der Waals surface area (Å²) in [5, 5.41) is 8.51. The molecule has 2 atom stereocenters. The van der Waals surface area contributed by atoms with Gasteiger partial charge in [0.1, 0.15) is 5.82 Å². The third-order valence-corrected chi connectivity index (χ3v) is 3.52. The van der Waals surface area contributed by atoms with Crippen molar-refractivity contribution in [3.05, 3.63) is 23.8 Å². The van der Waals surface area contributed by atoms with E-state index in [0.29, 0.717) is 11.9 Å². The Hall–Kier alpha value is -1.85. The summed E-state index contributed by atoms with van der Waals surface area (Å²) >= 11 is 0. The van der Waals surface area contributed by atoms with Crippen LogP contribution in [-0.4, -0.2) is 24.5 Å². The van der Waals surface area contributed by atoms with Gasteiger partial charge in [-0.3, -0.25) is 4.68 Å². The monoisotopic (exact) mass is 232 g/mol. The van der Waals surface area contributed by atoms with Crippen molar-refractivity contribution < 1.29 is 0 Å². The lowest BCUT2D eigenvalue weighted by Crippen LogP contribution is -2.24. The summed E-state index contributed by atoms with van der Waals surface area (Å²) in [6.45, 7) is 2.16. The second-order valence-corrected chi connectivity index (χ2v) is 4.66. The first-order chi connectivity index (χ1) is 8.15. The largest absolute Gasteiger partial charge is 0.366 e. The number of rotatable bonds is 1. The molecule has 2 aromatic heterocycles. The number of nitrogens with zero attached hydrogens (tertiary/aromatic N) is 5. The van der Waals surface area contributed by atoms with Crippen molar-refractivity contribution in [1.82, 2.24) is 24.5 Å². The first-order valence-corrected chi connectivity index (χ1v) is 5.84. The lowest BCUT2D eigenvalue weighted by molar-refractivity contribution is 0.338. The summed E-state index contributed by atoms with van der Waals surface area (Å²) in [6.07, 6.45) is 6.01. The molecule has 6 nitrogen and oxygen atoms in total. The summed E-state index contributed by atoms with van der Waals surface area (Å²) in [5.41, 5.74) is 6.91. The molecule has 0 fully saturated rings. The van der Waals surface area contributed by atoms with Gasteiger partial charge in [0, 0.05) is 25.6 Å². The van der Waals surface area contributed by atoms with Crippen molar-refractivity contribution in [1.29, 1.82) is 0 Å². The Morgan fingerprint density at radius 3 is 3.00 bits per heavy atom. The number of nitrogens with two attached hydrogens (primary N) is 1. The third-order valence-electron chi connectivity index (χ3n) is 3.52. The van der Waals surface area contributed by atoms with E-state index >= 15 is 0 Å². The lowest BCUT2D eigenvalue weighted by atomic mass is 9.87. The maximum atomic E-state index is 5.65. The van der Waals surface area contributed by atoms with Crippen molar-refractivity contribution in [2.24, 2.45) is 7.05 Å². The van der Waals surface area contributed by atoms with Crippen LogP contribution in [0.25, 0.3) is 0 Å². The number of aryl methyl sites for hydroxylation is 2.